The number of hydrogen-bond acceptors (Lipinski definition) is 6. The number of aromatic nitrogens is 2. The number of carbonyl (C=O) groups is 3. The Kier molecular flexibility index (Phi) is 5.99. The number of nitrogens with two attached hydrogens (primary N) is 1. The van der Waals surface area contributed by atoms with Crippen LogP contribution in [0.1, 0.15) is 53.1 Å². The second kappa shape index (κ2) is 8.27. The number of aliphatic hydroxyl groups is 1. The number of hydrogen-bond donors (Lipinski definition) is 4. The molecule has 2 fully saturated rings. The van der Waals surface area contributed by atoms with Crippen LogP contribution in [0, 0.1) is 0 Å². The summed E-state index contributed by atoms with van der Waals surface area (Å²) in [6.45, 7) is 2.53. The number of carbonyl (C=O) groups excluding carboxylic acids is 3. The fourth-order valence-electron chi connectivity index (χ4n) is 3.98. The topological polar surface area (TPSA) is 145 Å². The van der Waals surface area contributed by atoms with Crippen LogP contribution in [0.4, 0.5) is 0 Å². The Balaban J connectivity index is 1.46. The van der Waals surface area contributed by atoms with Crippen molar-refractivity contribution in [3.05, 3.63) is 17.5 Å². The van der Waals surface area contributed by atoms with E-state index in [0.717, 1.165) is 13.0 Å². The molecule has 10 nitrogen and oxygen atoms in total. The summed E-state index contributed by atoms with van der Waals surface area (Å²) in [5, 5.41) is 19.8. The van der Waals surface area contributed by atoms with Crippen LogP contribution >= 0.6 is 0 Å². The summed E-state index contributed by atoms with van der Waals surface area (Å²) in [6, 6.07) is 1.25. The number of piperidine rings is 2. The molecular formula is C18H28N6O4. The molecule has 5 N–H and O–H groups in total. The van der Waals surface area contributed by atoms with E-state index in [1.807, 2.05) is 7.05 Å². The van der Waals surface area contributed by atoms with E-state index in [-0.39, 0.29) is 35.7 Å². The molecule has 1 aromatic heterocycles. The van der Waals surface area contributed by atoms with E-state index in [1.165, 1.54) is 6.07 Å². The van der Waals surface area contributed by atoms with Crippen LogP contribution in [0.3, 0.4) is 0 Å². The van der Waals surface area contributed by atoms with E-state index in [1.54, 1.807) is 4.90 Å². The molecule has 2 aliphatic heterocycles. The zero-order chi connectivity index (χ0) is 20.3. The van der Waals surface area contributed by atoms with Crippen molar-refractivity contribution in [2.45, 2.75) is 43.7 Å². The standard InChI is InChI=1S/C18H28N6O4/c1-23-6-2-5-18(28,11-23)10-15(25)24-7-3-12(4-8-24)20-17(27)14-9-13(16(19)26)21-22-14/h9,12,28H,2-8,10-11H2,1H3,(H2,19,26)(H,20,27)(H,21,22). The number of amides is 3. The minimum Gasteiger partial charge on any atom is -0.388 e. The third-order valence-electron chi connectivity index (χ3n) is 5.48. The zero-order valence-electron chi connectivity index (χ0n) is 16.1. The van der Waals surface area contributed by atoms with Crippen LogP contribution in [0.5, 0.6) is 0 Å². The maximum atomic E-state index is 12.6. The van der Waals surface area contributed by atoms with Gasteiger partial charge in [0.05, 0.1) is 12.0 Å². The van der Waals surface area contributed by atoms with Crippen LogP contribution in [0.15, 0.2) is 6.07 Å². The highest BCUT2D eigenvalue weighted by molar-refractivity contribution is 5.97. The number of aromatic amines is 1. The first-order valence-electron chi connectivity index (χ1n) is 9.60. The van der Waals surface area contributed by atoms with Gasteiger partial charge < -0.3 is 26.0 Å². The molecule has 0 radical (unpaired) electrons. The SMILES string of the molecule is CN1CCCC(O)(CC(=O)N2CCC(NC(=O)c3cc(C(N)=O)n[nH]3)CC2)C1. The summed E-state index contributed by atoms with van der Waals surface area (Å²) in [4.78, 5) is 39.7. The summed E-state index contributed by atoms with van der Waals surface area (Å²) in [5.74, 6) is -1.10. The Morgan fingerprint density at radius 2 is 2.07 bits per heavy atom. The Labute approximate surface area is 163 Å². The lowest BCUT2D eigenvalue weighted by Gasteiger charge is -2.39. The van der Waals surface area contributed by atoms with Gasteiger partial charge in [-0.3, -0.25) is 19.5 Å². The van der Waals surface area contributed by atoms with Crippen LogP contribution in [-0.2, 0) is 4.79 Å². The number of likely N-dealkylation sites (tertiary alicyclic amines) is 2. The smallest absolute Gasteiger partial charge is 0.269 e. The van der Waals surface area contributed by atoms with E-state index in [2.05, 4.69) is 20.4 Å². The van der Waals surface area contributed by atoms with Gasteiger partial charge in [0, 0.05) is 31.7 Å². The zero-order valence-corrected chi connectivity index (χ0v) is 16.1. The van der Waals surface area contributed by atoms with Gasteiger partial charge in [0.25, 0.3) is 11.8 Å². The maximum Gasteiger partial charge on any atom is 0.269 e. The van der Waals surface area contributed by atoms with Crippen molar-refractivity contribution in [3.8, 4) is 0 Å². The molecule has 154 valence electrons. The third kappa shape index (κ3) is 4.87. The molecule has 2 aliphatic rings. The minimum absolute atomic E-state index is 0.0110. The fourth-order valence-corrected chi connectivity index (χ4v) is 3.98. The third-order valence-corrected chi connectivity index (χ3v) is 5.48. The monoisotopic (exact) mass is 392 g/mol. The van der Waals surface area contributed by atoms with Crippen molar-refractivity contribution in [3.63, 3.8) is 0 Å². The highest BCUT2D eigenvalue weighted by Crippen LogP contribution is 2.25. The highest BCUT2D eigenvalue weighted by atomic mass is 16.3. The Morgan fingerprint density at radius 1 is 1.36 bits per heavy atom. The van der Waals surface area contributed by atoms with Crippen LogP contribution in [0.2, 0.25) is 0 Å². The molecule has 0 saturated carbocycles. The predicted molar refractivity (Wildman–Crippen MR) is 100 cm³/mol. The molecule has 0 aromatic carbocycles. The lowest BCUT2D eigenvalue weighted by molar-refractivity contribution is -0.139. The summed E-state index contributed by atoms with van der Waals surface area (Å²) in [5.41, 5.74) is 4.37. The van der Waals surface area contributed by atoms with Crippen molar-refractivity contribution in [2.24, 2.45) is 5.73 Å². The molecule has 28 heavy (non-hydrogen) atoms. The van der Waals surface area contributed by atoms with Gasteiger partial charge in [-0.1, -0.05) is 0 Å². The van der Waals surface area contributed by atoms with E-state index < -0.39 is 11.5 Å². The van der Waals surface area contributed by atoms with Gasteiger partial charge in [-0.2, -0.15) is 5.10 Å². The molecule has 3 heterocycles. The Morgan fingerprint density at radius 3 is 2.68 bits per heavy atom. The van der Waals surface area contributed by atoms with Crippen molar-refractivity contribution >= 4 is 17.7 Å². The lowest BCUT2D eigenvalue weighted by atomic mass is 9.89. The molecular weight excluding hydrogens is 364 g/mol. The molecule has 3 amide bonds. The Hall–Kier alpha value is -2.46. The summed E-state index contributed by atoms with van der Waals surface area (Å²) in [6.07, 6.45) is 2.93. The van der Waals surface area contributed by atoms with Crippen molar-refractivity contribution in [2.75, 3.05) is 33.2 Å². The van der Waals surface area contributed by atoms with Gasteiger partial charge >= 0.3 is 0 Å². The first-order valence-corrected chi connectivity index (χ1v) is 9.60. The summed E-state index contributed by atoms with van der Waals surface area (Å²) < 4.78 is 0. The van der Waals surface area contributed by atoms with Gasteiger partial charge in [-0.05, 0) is 39.3 Å². The number of primary amides is 1. The van der Waals surface area contributed by atoms with Gasteiger partial charge in [0.15, 0.2) is 5.69 Å². The summed E-state index contributed by atoms with van der Waals surface area (Å²) >= 11 is 0. The molecule has 2 saturated heterocycles. The second-order valence-electron chi connectivity index (χ2n) is 7.90. The average molecular weight is 392 g/mol. The number of β-amino-alcohol motifs (C(OH)–C–C–N with tert-alkyl or cyclic N) is 1. The van der Waals surface area contributed by atoms with Crippen molar-refractivity contribution in [1.29, 1.82) is 0 Å². The lowest BCUT2D eigenvalue weighted by Crippen LogP contribution is -2.52. The van der Waals surface area contributed by atoms with Crippen LogP contribution in [0.25, 0.3) is 0 Å². The quantitative estimate of drug-likeness (QED) is 0.510. The largest absolute Gasteiger partial charge is 0.388 e. The Bertz CT molecular complexity index is 742. The van der Waals surface area contributed by atoms with Gasteiger partial charge in [-0.25, -0.2) is 0 Å². The number of likely N-dealkylation sites (N-methyl/N-ethyl adjacent to an activating group) is 1. The van der Waals surface area contributed by atoms with Gasteiger partial charge in [0.2, 0.25) is 5.91 Å². The molecule has 10 heteroatoms. The van der Waals surface area contributed by atoms with E-state index in [4.69, 9.17) is 5.73 Å². The fraction of sp³-hybridized carbons (Fsp3) is 0.667. The number of H-pyrrole nitrogens is 1. The molecule has 0 bridgehead atoms. The second-order valence-corrected chi connectivity index (χ2v) is 7.90. The molecule has 3 rings (SSSR count). The van der Waals surface area contributed by atoms with E-state index in [9.17, 15) is 19.5 Å². The predicted octanol–water partition coefficient (Wildman–Crippen LogP) is -0.924. The van der Waals surface area contributed by atoms with Crippen molar-refractivity contribution in [1.82, 2.24) is 25.3 Å². The maximum absolute atomic E-state index is 12.6. The first kappa shape index (κ1) is 20.3. The average Bonchev–Trinajstić information content (AvgIpc) is 3.12. The summed E-state index contributed by atoms with van der Waals surface area (Å²) in [7, 11) is 1.95. The van der Waals surface area contributed by atoms with Crippen LogP contribution in [-0.4, -0.2) is 87.7 Å². The normalized spacial score (nSPS) is 24.1. The number of nitrogens with zero attached hydrogens (tertiary/aromatic N) is 3. The number of rotatable bonds is 5. The molecule has 1 unspecified atom stereocenters. The molecule has 1 atom stereocenters. The minimum atomic E-state index is -0.950. The number of nitrogens with one attached hydrogen (secondary N) is 2. The molecule has 0 aliphatic carbocycles. The van der Waals surface area contributed by atoms with E-state index >= 15 is 0 Å². The highest BCUT2D eigenvalue weighted by Gasteiger charge is 2.36. The molecule has 0 spiro atoms. The van der Waals surface area contributed by atoms with Gasteiger partial charge in [0.1, 0.15) is 5.69 Å². The van der Waals surface area contributed by atoms with Crippen molar-refractivity contribution < 1.29 is 19.5 Å². The van der Waals surface area contributed by atoms with Gasteiger partial charge in [-0.15, -0.1) is 0 Å². The van der Waals surface area contributed by atoms with Crippen LogP contribution < -0.4 is 11.1 Å². The van der Waals surface area contributed by atoms with E-state index in [0.29, 0.717) is 38.9 Å². The first-order chi connectivity index (χ1) is 13.3. The molecule has 1 aromatic rings.